The van der Waals surface area contributed by atoms with E-state index in [9.17, 15) is 4.79 Å². The molecule has 0 bridgehead atoms. The van der Waals surface area contributed by atoms with Gasteiger partial charge in [0.1, 0.15) is 0 Å². The number of carbonyl (C=O) groups is 1. The Labute approximate surface area is 146 Å². The number of guanidine groups is 1. The summed E-state index contributed by atoms with van der Waals surface area (Å²) in [5.41, 5.74) is -0.0551. The molecule has 24 heavy (non-hydrogen) atoms. The number of rotatable bonds is 4. The highest BCUT2D eigenvalue weighted by atomic mass is 16.5. The summed E-state index contributed by atoms with van der Waals surface area (Å²) >= 11 is 0. The average Bonchev–Trinajstić information content (AvgIpc) is 2.59. The van der Waals surface area contributed by atoms with Gasteiger partial charge in [-0.15, -0.1) is 0 Å². The van der Waals surface area contributed by atoms with Gasteiger partial charge in [-0.1, -0.05) is 13.8 Å². The summed E-state index contributed by atoms with van der Waals surface area (Å²) < 4.78 is 10.6. The minimum Gasteiger partial charge on any atom is -0.469 e. The van der Waals surface area contributed by atoms with Crippen LogP contribution >= 0.6 is 0 Å². The van der Waals surface area contributed by atoms with E-state index in [0.29, 0.717) is 6.04 Å². The molecule has 6 nitrogen and oxygen atoms in total. The molecule has 0 radical (unpaired) electrons. The van der Waals surface area contributed by atoms with Gasteiger partial charge in [-0.2, -0.15) is 0 Å². The van der Waals surface area contributed by atoms with Gasteiger partial charge in [-0.25, -0.2) is 0 Å². The number of carbonyl (C=O) groups excluding carboxylic acids is 1. The Bertz CT molecular complexity index is 484. The van der Waals surface area contributed by atoms with Crippen LogP contribution < -0.4 is 5.32 Å². The maximum absolute atomic E-state index is 11.7. The molecule has 6 heteroatoms. The van der Waals surface area contributed by atoms with E-state index >= 15 is 0 Å². The summed E-state index contributed by atoms with van der Waals surface area (Å²) in [6.45, 7) is 11.1. The van der Waals surface area contributed by atoms with Crippen LogP contribution in [0.5, 0.6) is 0 Å². The molecule has 1 saturated heterocycles. The zero-order valence-electron chi connectivity index (χ0n) is 16.0. The number of hydrogen-bond acceptors (Lipinski definition) is 4. The van der Waals surface area contributed by atoms with E-state index in [-0.39, 0.29) is 22.9 Å². The molecule has 0 spiro atoms. The van der Waals surface area contributed by atoms with E-state index in [1.807, 2.05) is 6.92 Å². The fraction of sp³-hybridized carbons (Fsp3) is 0.889. The number of methoxy groups -OCH3 is 2. The fourth-order valence-electron chi connectivity index (χ4n) is 3.76. The number of aliphatic imine (C=N–C) groups is 1. The van der Waals surface area contributed by atoms with Crippen molar-refractivity contribution in [1.82, 2.24) is 10.2 Å². The van der Waals surface area contributed by atoms with Gasteiger partial charge in [0.05, 0.1) is 18.6 Å². The molecule has 138 valence electrons. The predicted octanol–water partition coefficient (Wildman–Crippen LogP) is 2.04. The van der Waals surface area contributed by atoms with Gasteiger partial charge < -0.3 is 19.7 Å². The van der Waals surface area contributed by atoms with E-state index in [1.165, 1.54) is 7.11 Å². The van der Waals surface area contributed by atoms with Crippen molar-refractivity contribution in [3.8, 4) is 0 Å². The zero-order valence-corrected chi connectivity index (χ0v) is 16.0. The van der Waals surface area contributed by atoms with E-state index in [0.717, 1.165) is 44.9 Å². The molecular formula is C18H33N3O3. The average molecular weight is 339 g/mol. The molecule has 1 saturated carbocycles. The first-order chi connectivity index (χ1) is 11.3. The summed E-state index contributed by atoms with van der Waals surface area (Å²) in [5.74, 6) is 0.885. The molecule has 1 aliphatic heterocycles. The van der Waals surface area contributed by atoms with Crippen molar-refractivity contribution in [3.05, 3.63) is 0 Å². The lowest BCUT2D eigenvalue weighted by atomic mass is 9.56. The fourth-order valence-corrected chi connectivity index (χ4v) is 3.76. The number of nitrogens with one attached hydrogen (secondary N) is 1. The van der Waals surface area contributed by atoms with Crippen molar-refractivity contribution < 1.29 is 14.3 Å². The van der Waals surface area contributed by atoms with E-state index < -0.39 is 0 Å². The van der Waals surface area contributed by atoms with E-state index in [4.69, 9.17) is 9.47 Å². The first-order valence-electron chi connectivity index (χ1n) is 8.98. The first-order valence-corrected chi connectivity index (χ1v) is 8.98. The molecule has 2 fully saturated rings. The minimum absolute atomic E-state index is 0.0195. The second-order valence-corrected chi connectivity index (χ2v) is 7.64. The van der Waals surface area contributed by atoms with Gasteiger partial charge >= 0.3 is 5.97 Å². The van der Waals surface area contributed by atoms with Crippen LogP contribution in [0.15, 0.2) is 4.99 Å². The van der Waals surface area contributed by atoms with Crippen molar-refractivity contribution in [3.63, 3.8) is 0 Å². The van der Waals surface area contributed by atoms with Crippen LogP contribution in [0.2, 0.25) is 0 Å². The van der Waals surface area contributed by atoms with Crippen LogP contribution in [0.4, 0.5) is 0 Å². The number of ether oxygens (including phenoxy) is 2. The van der Waals surface area contributed by atoms with Gasteiger partial charge in [-0.05, 0) is 33.1 Å². The highest BCUT2D eigenvalue weighted by Crippen LogP contribution is 2.51. The topological polar surface area (TPSA) is 63.2 Å². The summed E-state index contributed by atoms with van der Waals surface area (Å²) in [5, 5.41) is 3.64. The molecule has 0 amide bonds. The Kier molecular flexibility index (Phi) is 5.78. The van der Waals surface area contributed by atoms with Crippen molar-refractivity contribution in [2.24, 2.45) is 16.3 Å². The van der Waals surface area contributed by atoms with Crippen LogP contribution in [0.1, 0.15) is 47.0 Å². The van der Waals surface area contributed by atoms with Crippen LogP contribution in [-0.4, -0.2) is 62.3 Å². The molecular weight excluding hydrogens is 306 g/mol. The molecule has 2 unspecified atom stereocenters. The smallest absolute Gasteiger partial charge is 0.308 e. The Morgan fingerprint density at radius 1 is 1.25 bits per heavy atom. The maximum Gasteiger partial charge on any atom is 0.308 e. The summed E-state index contributed by atoms with van der Waals surface area (Å²) in [7, 11) is 3.25. The molecule has 1 aliphatic carbocycles. The summed E-state index contributed by atoms with van der Waals surface area (Å²) in [4.78, 5) is 18.6. The van der Waals surface area contributed by atoms with E-state index in [2.05, 4.69) is 36.0 Å². The van der Waals surface area contributed by atoms with Crippen LogP contribution in [0, 0.1) is 11.3 Å². The number of esters is 1. The third kappa shape index (κ3) is 3.39. The highest BCUT2D eigenvalue weighted by molar-refractivity contribution is 5.81. The zero-order chi connectivity index (χ0) is 18.0. The van der Waals surface area contributed by atoms with Crippen molar-refractivity contribution in [2.75, 3.05) is 33.9 Å². The molecule has 2 rings (SSSR count). The Morgan fingerprint density at radius 3 is 2.33 bits per heavy atom. The van der Waals surface area contributed by atoms with Crippen molar-refractivity contribution in [1.29, 1.82) is 0 Å². The largest absolute Gasteiger partial charge is 0.469 e. The molecule has 1 N–H and O–H groups in total. The van der Waals surface area contributed by atoms with Gasteiger partial charge in [0.25, 0.3) is 0 Å². The van der Waals surface area contributed by atoms with Crippen LogP contribution in [0.3, 0.4) is 0 Å². The minimum atomic E-state index is -0.0974. The Balaban J connectivity index is 1.97. The standard InChI is InChI=1S/C18H33N3O3/c1-7-19-16(20-14-12-18(4,24-6)17(14,2)3)21-10-8-13(9-11-21)15(22)23-5/h13-14H,7-12H2,1-6H3,(H,19,20). The highest BCUT2D eigenvalue weighted by Gasteiger charge is 2.58. The first kappa shape index (κ1) is 19.0. The molecule has 0 aromatic heterocycles. The SMILES string of the molecule is CCN=C(NC1CC(C)(OC)C1(C)C)N1CCC(C(=O)OC)CC1. The van der Waals surface area contributed by atoms with Crippen molar-refractivity contribution >= 4 is 11.9 Å². The van der Waals surface area contributed by atoms with Gasteiger partial charge in [0.15, 0.2) is 5.96 Å². The quantitative estimate of drug-likeness (QED) is 0.482. The number of hydrogen-bond donors (Lipinski definition) is 1. The summed E-state index contributed by atoms with van der Waals surface area (Å²) in [6, 6.07) is 0.339. The van der Waals surface area contributed by atoms with Crippen LogP contribution in [0.25, 0.3) is 0 Å². The summed E-state index contributed by atoms with van der Waals surface area (Å²) in [6.07, 6.45) is 2.61. The second kappa shape index (κ2) is 7.30. The molecule has 1 heterocycles. The third-order valence-electron chi connectivity index (χ3n) is 6.22. The molecule has 0 aromatic rings. The number of likely N-dealkylation sites (tertiary alicyclic amines) is 1. The lowest BCUT2D eigenvalue weighted by molar-refractivity contribution is -0.177. The van der Waals surface area contributed by atoms with Crippen LogP contribution in [-0.2, 0) is 14.3 Å². The molecule has 2 atom stereocenters. The normalized spacial score (nSPS) is 30.7. The lowest BCUT2D eigenvalue weighted by Crippen LogP contribution is -2.69. The number of nitrogens with zero attached hydrogens (tertiary/aromatic N) is 2. The third-order valence-corrected chi connectivity index (χ3v) is 6.22. The van der Waals surface area contributed by atoms with E-state index in [1.54, 1.807) is 7.11 Å². The van der Waals surface area contributed by atoms with Gasteiger partial charge in [0.2, 0.25) is 0 Å². The molecule has 2 aliphatic rings. The van der Waals surface area contributed by atoms with Gasteiger partial charge in [0, 0.05) is 38.2 Å². The molecule has 0 aromatic carbocycles. The second-order valence-electron chi connectivity index (χ2n) is 7.64. The Morgan fingerprint density at radius 2 is 1.88 bits per heavy atom. The monoisotopic (exact) mass is 339 g/mol. The lowest BCUT2D eigenvalue weighted by Gasteiger charge is -2.59. The van der Waals surface area contributed by atoms with Crippen molar-refractivity contribution in [2.45, 2.75) is 58.6 Å². The predicted molar refractivity (Wildman–Crippen MR) is 95.0 cm³/mol. The Hall–Kier alpha value is -1.30. The number of piperidine rings is 1. The van der Waals surface area contributed by atoms with Gasteiger partial charge in [-0.3, -0.25) is 9.79 Å². The maximum atomic E-state index is 11.7.